The van der Waals surface area contributed by atoms with Crippen molar-refractivity contribution in [2.75, 3.05) is 13.1 Å². The molecule has 0 spiro atoms. The number of pyridine rings is 1. The van der Waals surface area contributed by atoms with Crippen LogP contribution in [0.4, 0.5) is 0 Å². The van der Waals surface area contributed by atoms with Crippen molar-refractivity contribution in [3.8, 4) is 11.1 Å². The fourth-order valence-electron chi connectivity index (χ4n) is 4.05. The number of aryl methyl sites for hydroxylation is 3. The first kappa shape index (κ1) is 18.4. The van der Waals surface area contributed by atoms with E-state index in [1.807, 2.05) is 47.8 Å². The Kier molecular flexibility index (Phi) is 5.23. The first-order chi connectivity index (χ1) is 13.6. The molecule has 7 nitrogen and oxygen atoms in total. The van der Waals surface area contributed by atoms with Gasteiger partial charge in [0.15, 0.2) is 0 Å². The Balaban J connectivity index is 1.34. The minimum atomic E-state index is 0.213. The molecule has 7 heteroatoms. The molecule has 1 N–H and O–H groups in total. The third-order valence-electron chi connectivity index (χ3n) is 5.56. The zero-order valence-electron chi connectivity index (χ0n) is 16.4. The van der Waals surface area contributed by atoms with Crippen LogP contribution in [0.15, 0.2) is 36.8 Å². The summed E-state index contributed by atoms with van der Waals surface area (Å²) in [6.07, 6.45) is 7.89. The Hall–Kier alpha value is -2.96. The van der Waals surface area contributed by atoms with E-state index in [0.717, 1.165) is 48.4 Å². The SMILES string of the molecule is Cc1cc(C)n(CCC(=O)N2CCC(c3[nH]ncc3-c3ccncc3)CC2)n1. The minimum absolute atomic E-state index is 0.213. The number of aromatic amines is 1. The number of amides is 1. The summed E-state index contributed by atoms with van der Waals surface area (Å²) in [5.74, 6) is 0.607. The van der Waals surface area contributed by atoms with Crippen LogP contribution < -0.4 is 0 Å². The second-order valence-electron chi connectivity index (χ2n) is 7.49. The number of carbonyl (C=O) groups is 1. The predicted octanol–water partition coefficient (Wildman–Crippen LogP) is 3.08. The van der Waals surface area contributed by atoms with E-state index in [0.29, 0.717) is 18.9 Å². The van der Waals surface area contributed by atoms with Crippen LogP contribution in [0.2, 0.25) is 0 Å². The second kappa shape index (κ2) is 7.96. The Morgan fingerprint density at radius 2 is 1.96 bits per heavy atom. The average Bonchev–Trinajstić information content (AvgIpc) is 3.33. The van der Waals surface area contributed by atoms with Crippen molar-refractivity contribution >= 4 is 5.91 Å². The van der Waals surface area contributed by atoms with E-state index < -0.39 is 0 Å². The highest BCUT2D eigenvalue weighted by molar-refractivity contribution is 5.76. The van der Waals surface area contributed by atoms with Gasteiger partial charge in [-0.05, 0) is 50.5 Å². The summed E-state index contributed by atoms with van der Waals surface area (Å²) in [5, 5.41) is 11.9. The van der Waals surface area contributed by atoms with Crippen LogP contribution >= 0.6 is 0 Å². The van der Waals surface area contributed by atoms with E-state index in [-0.39, 0.29) is 5.91 Å². The van der Waals surface area contributed by atoms with Crippen LogP contribution in [0.25, 0.3) is 11.1 Å². The summed E-state index contributed by atoms with van der Waals surface area (Å²) in [4.78, 5) is 18.7. The van der Waals surface area contributed by atoms with E-state index in [9.17, 15) is 4.79 Å². The lowest BCUT2D eigenvalue weighted by molar-refractivity contribution is -0.132. The van der Waals surface area contributed by atoms with Crippen LogP contribution in [0.1, 0.15) is 42.3 Å². The highest BCUT2D eigenvalue weighted by atomic mass is 16.2. The van der Waals surface area contributed by atoms with Gasteiger partial charge in [0.1, 0.15) is 0 Å². The van der Waals surface area contributed by atoms with Crippen molar-refractivity contribution in [2.24, 2.45) is 0 Å². The molecule has 0 radical (unpaired) electrons. The summed E-state index contributed by atoms with van der Waals surface area (Å²) in [6, 6.07) is 6.05. The topological polar surface area (TPSA) is 79.7 Å². The molecule has 0 aromatic carbocycles. The van der Waals surface area contributed by atoms with Crippen molar-refractivity contribution in [3.63, 3.8) is 0 Å². The van der Waals surface area contributed by atoms with Crippen LogP contribution in [0, 0.1) is 13.8 Å². The monoisotopic (exact) mass is 378 g/mol. The standard InChI is InChI=1S/C21H26N6O/c1-15-13-16(2)27(25-15)12-7-20(28)26-10-5-18(6-11-26)21-19(14-23-24-21)17-3-8-22-9-4-17/h3-4,8-9,13-14,18H,5-7,10-12H2,1-2H3,(H,23,24). The molecule has 146 valence electrons. The van der Waals surface area contributed by atoms with Gasteiger partial charge in [0.25, 0.3) is 0 Å². The average molecular weight is 378 g/mol. The molecule has 3 aromatic rings. The van der Waals surface area contributed by atoms with Crippen LogP contribution in [0.5, 0.6) is 0 Å². The molecular formula is C21H26N6O. The summed E-state index contributed by atoms with van der Waals surface area (Å²) >= 11 is 0. The maximum absolute atomic E-state index is 12.6. The molecule has 0 unspecified atom stereocenters. The smallest absolute Gasteiger partial charge is 0.224 e. The van der Waals surface area contributed by atoms with Crippen molar-refractivity contribution in [3.05, 3.63) is 53.9 Å². The molecule has 0 saturated carbocycles. The quantitative estimate of drug-likeness (QED) is 0.740. The summed E-state index contributed by atoms with van der Waals surface area (Å²) in [5.41, 5.74) is 5.53. The van der Waals surface area contributed by atoms with Gasteiger partial charge in [0.05, 0.1) is 11.9 Å². The Bertz CT molecular complexity index is 937. The highest BCUT2D eigenvalue weighted by Crippen LogP contribution is 2.33. The zero-order chi connectivity index (χ0) is 19.5. The van der Waals surface area contributed by atoms with Crippen molar-refractivity contribution in [2.45, 2.75) is 45.6 Å². The molecule has 1 fully saturated rings. The highest BCUT2D eigenvalue weighted by Gasteiger charge is 2.26. The van der Waals surface area contributed by atoms with Gasteiger partial charge in [-0.1, -0.05) is 0 Å². The molecule has 4 heterocycles. The van der Waals surface area contributed by atoms with E-state index in [1.54, 1.807) is 12.4 Å². The first-order valence-electron chi connectivity index (χ1n) is 9.84. The Morgan fingerprint density at radius 3 is 2.64 bits per heavy atom. The number of piperidine rings is 1. The van der Waals surface area contributed by atoms with Crippen LogP contribution in [-0.2, 0) is 11.3 Å². The number of H-pyrrole nitrogens is 1. The van der Waals surface area contributed by atoms with E-state index in [4.69, 9.17) is 0 Å². The zero-order valence-corrected chi connectivity index (χ0v) is 16.4. The summed E-state index contributed by atoms with van der Waals surface area (Å²) in [6.45, 7) is 6.22. The van der Waals surface area contributed by atoms with Crippen molar-refractivity contribution in [1.29, 1.82) is 0 Å². The van der Waals surface area contributed by atoms with Gasteiger partial charge in [-0.3, -0.25) is 19.6 Å². The van der Waals surface area contributed by atoms with E-state index in [2.05, 4.69) is 20.3 Å². The van der Waals surface area contributed by atoms with Gasteiger partial charge in [-0.2, -0.15) is 10.2 Å². The molecule has 0 aliphatic carbocycles. The Labute approximate surface area is 164 Å². The van der Waals surface area contributed by atoms with Crippen molar-refractivity contribution < 1.29 is 4.79 Å². The molecule has 1 aliphatic heterocycles. The van der Waals surface area contributed by atoms with Gasteiger partial charge in [-0.25, -0.2) is 0 Å². The molecule has 0 atom stereocenters. The molecule has 4 rings (SSSR count). The van der Waals surface area contributed by atoms with E-state index >= 15 is 0 Å². The molecule has 1 amide bonds. The number of hydrogen-bond donors (Lipinski definition) is 1. The lowest BCUT2D eigenvalue weighted by Crippen LogP contribution is -2.38. The number of nitrogens with zero attached hydrogens (tertiary/aromatic N) is 5. The van der Waals surface area contributed by atoms with Crippen molar-refractivity contribution in [1.82, 2.24) is 29.9 Å². The lowest BCUT2D eigenvalue weighted by atomic mass is 9.89. The molecule has 0 bridgehead atoms. The number of carbonyl (C=O) groups excluding carboxylic acids is 1. The molecule has 28 heavy (non-hydrogen) atoms. The van der Waals surface area contributed by atoms with Gasteiger partial charge in [0, 0.05) is 61.3 Å². The number of rotatable bonds is 5. The van der Waals surface area contributed by atoms with Crippen LogP contribution in [-0.4, -0.2) is 48.9 Å². The van der Waals surface area contributed by atoms with Gasteiger partial charge in [-0.15, -0.1) is 0 Å². The second-order valence-corrected chi connectivity index (χ2v) is 7.49. The third-order valence-corrected chi connectivity index (χ3v) is 5.56. The van der Waals surface area contributed by atoms with E-state index in [1.165, 1.54) is 5.69 Å². The van der Waals surface area contributed by atoms with Gasteiger partial charge in [0.2, 0.25) is 5.91 Å². The molecule has 1 saturated heterocycles. The maximum atomic E-state index is 12.6. The fourth-order valence-corrected chi connectivity index (χ4v) is 4.05. The lowest BCUT2D eigenvalue weighted by Gasteiger charge is -2.32. The predicted molar refractivity (Wildman–Crippen MR) is 107 cm³/mol. The number of hydrogen-bond acceptors (Lipinski definition) is 4. The molecule has 3 aromatic heterocycles. The van der Waals surface area contributed by atoms with Crippen LogP contribution in [0.3, 0.4) is 0 Å². The maximum Gasteiger partial charge on any atom is 0.224 e. The number of nitrogens with one attached hydrogen (secondary N) is 1. The Morgan fingerprint density at radius 1 is 1.21 bits per heavy atom. The molecule has 1 aliphatic rings. The third kappa shape index (κ3) is 3.83. The first-order valence-corrected chi connectivity index (χ1v) is 9.84. The van der Waals surface area contributed by atoms with Gasteiger partial charge >= 0.3 is 0 Å². The minimum Gasteiger partial charge on any atom is -0.343 e. The molecular weight excluding hydrogens is 352 g/mol. The fraction of sp³-hybridized carbons (Fsp3) is 0.429. The normalized spacial score (nSPS) is 15.1. The summed E-state index contributed by atoms with van der Waals surface area (Å²) in [7, 11) is 0. The summed E-state index contributed by atoms with van der Waals surface area (Å²) < 4.78 is 1.92. The number of likely N-dealkylation sites (tertiary alicyclic amines) is 1. The van der Waals surface area contributed by atoms with Gasteiger partial charge < -0.3 is 4.90 Å². The largest absolute Gasteiger partial charge is 0.343 e. The number of aromatic nitrogens is 5.